The monoisotopic (exact) mass is 439 g/mol. The number of amides is 1. The second kappa shape index (κ2) is 8.09. The predicted molar refractivity (Wildman–Crippen MR) is 128 cm³/mol. The van der Waals surface area contributed by atoms with Gasteiger partial charge in [-0.15, -0.1) is 0 Å². The van der Waals surface area contributed by atoms with Crippen LogP contribution in [0.4, 0.5) is 4.79 Å². The van der Waals surface area contributed by atoms with Crippen molar-refractivity contribution in [1.82, 2.24) is 24.3 Å². The zero-order valence-corrected chi connectivity index (χ0v) is 18.9. The molecule has 5 rings (SSSR count). The largest absolute Gasteiger partial charge is 0.367 e. The lowest BCUT2D eigenvalue weighted by molar-refractivity contribution is 0.104. The minimum absolute atomic E-state index is 0.0995. The summed E-state index contributed by atoms with van der Waals surface area (Å²) in [5.41, 5.74) is 5.06. The van der Waals surface area contributed by atoms with Crippen molar-refractivity contribution in [2.75, 3.05) is 14.1 Å². The molecule has 0 spiro atoms. The summed E-state index contributed by atoms with van der Waals surface area (Å²) in [6, 6.07) is 15.0. The average Bonchev–Trinajstić information content (AvgIpc) is 3.38. The molecule has 4 aromatic rings. The minimum atomic E-state index is -0.189. The lowest BCUT2D eigenvalue weighted by Gasteiger charge is -2.22. The van der Waals surface area contributed by atoms with Crippen LogP contribution in [0.3, 0.4) is 0 Å². The number of imidazole rings is 1. The van der Waals surface area contributed by atoms with E-state index in [9.17, 15) is 9.59 Å². The van der Waals surface area contributed by atoms with E-state index in [0.717, 1.165) is 46.8 Å². The Bertz CT molecular complexity index is 1390. The van der Waals surface area contributed by atoms with Gasteiger partial charge < -0.3 is 14.8 Å². The van der Waals surface area contributed by atoms with E-state index < -0.39 is 0 Å². The van der Waals surface area contributed by atoms with Crippen molar-refractivity contribution in [3.8, 4) is 0 Å². The van der Waals surface area contributed by atoms with Gasteiger partial charge in [-0.1, -0.05) is 42.5 Å². The van der Waals surface area contributed by atoms with Crippen LogP contribution in [0.25, 0.3) is 17.0 Å². The molecule has 33 heavy (non-hydrogen) atoms. The molecule has 7 heteroatoms. The van der Waals surface area contributed by atoms with Crippen molar-refractivity contribution in [2.45, 2.75) is 20.0 Å². The van der Waals surface area contributed by atoms with Crippen LogP contribution in [0.2, 0.25) is 0 Å². The van der Waals surface area contributed by atoms with E-state index in [4.69, 9.17) is 0 Å². The minimum Gasteiger partial charge on any atom is -0.367 e. The summed E-state index contributed by atoms with van der Waals surface area (Å²) in [5.74, 6) is 0.820. The third-order valence-corrected chi connectivity index (χ3v) is 5.88. The highest BCUT2D eigenvalue weighted by atomic mass is 16.2. The third-order valence-electron chi connectivity index (χ3n) is 5.88. The van der Waals surface area contributed by atoms with Gasteiger partial charge in [0.25, 0.3) is 0 Å². The van der Waals surface area contributed by atoms with Crippen LogP contribution < -0.4 is 0 Å². The van der Waals surface area contributed by atoms with E-state index in [-0.39, 0.29) is 11.8 Å². The van der Waals surface area contributed by atoms with E-state index in [0.29, 0.717) is 11.1 Å². The molecule has 166 valence electrons. The highest BCUT2D eigenvalue weighted by Gasteiger charge is 2.20. The lowest BCUT2D eigenvalue weighted by atomic mass is 10.0. The summed E-state index contributed by atoms with van der Waals surface area (Å²) >= 11 is 0. The maximum absolute atomic E-state index is 13.3. The summed E-state index contributed by atoms with van der Waals surface area (Å²) < 4.78 is 1.53. The number of fused-ring (bicyclic) bond motifs is 2. The molecule has 0 aliphatic carbocycles. The number of benzene rings is 2. The molecule has 0 fully saturated rings. The quantitative estimate of drug-likeness (QED) is 0.478. The van der Waals surface area contributed by atoms with Crippen molar-refractivity contribution in [3.05, 3.63) is 94.8 Å². The van der Waals surface area contributed by atoms with E-state index in [1.165, 1.54) is 9.47 Å². The van der Waals surface area contributed by atoms with Gasteiger partial charge in [0, 0.05) is 49.6 Å². The number of carbonyl (C=O) groups is 2. The van der Waals surface area contributed by atoms with E-state index >= 15 is 0 Å². The van der Waals surface area contributed by atoms with Crippen LogP contribution in [0.1, 0.15) is 38.7 Å². The Morgan fingerprint density at radius 3 is 2.61 bits per heavy atom. The topological polar surface area (TPSA) is 74.2 Å². The first-order valence-electron chi connectivity index (χ1n) is 10.8. The maximum Gasteiger partial charge on any atom is 0.328 e. The van der Waals surface area contributed by atoms with E-state index in [1.807, 2.05) is 61.5 Å². The van der Waals surface area contributed by atoms with Gasteiger partial charge >= 0.3 is 6.03 Å². The number of aromatic nitrogens is 3. The summed E-state index contributed by atoms with van der Waals surface area (Å²) in [4.78, 5) is 37.4. The van der Waals surface area contributed by atoms with Gasteiger partial charge in [-0.3, -0.25) is 9.36 Å². The molecular formula is C26H25N5O2. The SMILES string of the molecule is Cc1nc2c([nH]1)C=CN(Cc1ccc(C(=O)c3cn(C(=O)N(C)C)c4ccccc34)cc1)C2. The number of carbonyl (C=O) groups excluding carboxylic acids is 2. The predicted octanol–water partition coefficient (Wildman–Crippen LogP) is 4.42. The molecule has 0 saturated heterocycles. The Kier molecular flexibility index (Phi) is 5.09. The van der Waals surface area contributed by atoms with Crippen LogP contribution in [0, 0.1) is 6.92 Å². The van der Waals surface area contributed by atoms with E-state index in [1.54, 1.807) is 20.3 Å². The number of nitrogens with one attached hydrogen (secondary N) is 1. The van der Waals surface area contributed by atoms with Gasteiger partial charge in [0.15, 0.2) is 5.78 Å². The number of hydrogen-bond acceptors (Lipinski definition) is 4. The smallest absolute Gasteiger partial charge is 0.328 e. The molecule has 1 aliphatic heterocycles. The normalized spacial score (nSPS) is 12.8. The number of hydrogen-bond donors (Lipinski definition) is 1. The fraction of sp³-hybridized carbons (Fsp3) is 0.192. The number of rotatable bonds is 4. The first kappa shape index (κ1) is 20.8. The molecule has 1 amide bonds. The third kappa shape index (κ3) is 3.82. The first-order valence-corrected chi connectivity index (χ1v) is 10.8. The standard InChI is InChI=1S/C26H25N5O2/c1-17-27-22-12-13-30(16-23(22)28-17)14-18-8-10-19(11-9-18)25(32)21-15-31(26(33)29(2)3)24-7-5-4-6-20(21)24/h4-13,15H,14,16H2,1-3H3,(H,27,28). The second-order valence-corrected chi connectivity index (χ2v) is 8.54. The zero-order valence-electron chi connectivity index (χ0n) is 18.9. The van der Waals surface area contributed by atoms with Gasteiger partial charge in [-0.25, -0.2) is 9.78 Å². The van der Waals surface area contributed by atoms with E-state index in [2.05, 4.69) is 21.1 Å². The molecule has 2 aromatic carbocycles. The zero-order chi connectivity index (χ0) is 23.1. The van der Waals surface area contributed by atoms with Crippen LogP contribution in [0.5, 0.6) is 0 Å². The lowest BCUT2D eigenvalue weighted by Crippen LogP contribution is -2.26. The van der Waals surface area contributed by atoms with Gasteiger partial charge in [-0.2, -0.15) is 0 Å². The van der Waals surface area contributed by atoms with Crippen LogP contribution >= 0.6 is 0 Å². The number of aromatic amines is 1. The Morgan fingerprint density at radius 2 is 1.85 bits per heavy atom. The van der Waals surface area contributed by atoms with Gasteiger partial charge in [0.05, 0.1) is 23.4 Å². The summed E-state index contributed by atoms with van der Waals surface area (Å²) in [7, 11) is 3.39. The molecule has 0 bridgehead atoms. The van der Waals surface area contributed by atoms with Crippen LogP contribution in [-0.2, 0) is 13.1 Å². The Morgan fingerprint density at radius 1 is 1.09 bits per heavy atom. The van der Waals surface area contributed by atoms with Gasteiger partial charge in [0.1, 0.15) is 5.82 Å². The van der Waals surface area contributed by atoms with Crippen LogP contribution in [0.15, 0.2) is 60.9 Å². The molecule has 0 atom stereocenters. The Balaban J connectivity index is 1.37. The molecule has 1 aliphatic rings. The Hall–Kier alpha value is -4.13. The number of H-pyrrole nitrogens is 1. The molecule has 0 radical (unpaired) electrons. The molecule has 0 unspecified atom stereocenters. The summed E-state index contributed by atoms with van der Waals surface area (Å²) in [6.45, 7) is 3.43. The van der Waals surface area contributed by atoms with Crippen molar-refractivity contribution in [2.24, 2.45) is 0 Å². The van der Waals surface area contributed by atoms with Crippen LogP contribution in [-0.4, -0.2) is 50.2 Å². The van der Waals surface area contributed by atoms with Crippen molar-refractivity contribution >= 4 is 28.8 Å². The molecule has 3 heterocycles. The number of aryl methyl sites for hydroxylation is 1. The summed E-state index contributed by atoms with van der Waals surface area (Å²) in [6.07, 6.45) is 5.75. The van der Waals surface area contributed by atoms with Crippen molar-refractivity contribution in [1.29, 1.82) is 0 Å². The molecule has 7 nitrogen and oxygen atoms in total. The molecule has 2 aromatic heterocycles. The van der Waals surface area contributed by atoms with Crippen molar-refractivity contribution < 1.29 is 9.59 Å². The number of ketones is 1. The molecule has 0 saturated carbocycles. The summed E-state index contributed by atoms with van der Waals surface area (Å²) in [5, 5.41) is 0.769. The fourth-order valence-corrected chi connectivity index (χ4v) is 4.24. The van der Waals surface area contributed by atoms with Gasteiger partial charge in [-0.05, 0) is 24.6 Å². The molecule has 1 N–H and O–H groups in total. The molecular weight excluding hydrogens is 414 g/mol. The fourth-order valence-electron chi connectivity index (χ4n) is 4.24. The maximum atomic E-state index is 13.3. The van der Waals surface area contributed by atoms with Crippen molar-refractivity contribution in [3.63, 3.8) is 0 Å². The highest BCUT2D eigenvalue weighted by molar-refractivity contribution is 6.17. The number of para-hydroxylation sites is 1. The second-order valence-electron chi connectivity index (χ2n) is 8.54. The van der Waals surface area contributed by atoms with Gasteiger partial charge in [0.2, 0.25) is 0 Å². The Labute approximate surface area is 192 Å². The first-order chi connectivity index (χ1) is 15.9. The average molecular weight is 440 g/mol. The highest BCUT2D eigenvalue weighted by Crippen LogP contribution is 2.25. The number of nitrogens with zero attached hydrogens (tertiary/aromatic N) is 4.